The second kappa shape index (κ2) is 5.35. The van der Waals surface area contributed by atoms with Crippen LogP contribution < -0.4 is 0 Å². The Labute approximate surface area is 117 Å². The smallest absolute Gasteiger partial charge is 0.293 e. The zero-order valence-electron chi connectivity index (χ0n) is 8.11. The van der Waals surface area contributed by atoms with Crippen molar-refractivity contribution in [1.29, 1.82) is 5.26 Å². The number of Topliss-reactive ketones (excluding diaryl/α,β-unsaturated/α-hetero) is 1. The predicted octanol–water partition coefficient (Wildman–Crippen LogP) is 3.76. The van der Waals surface area contributed by atoms with E-state index >= 15 is 0 Å². The molecule has 1 rings (SSSR count). The number of hydrogen-bond acceptors (Lipinski definition) is 2. The van der Waals surface area contributed by atoms with E-state index in [2.05, 4.69) is 15.9 Å². The van der Waals surface area contributed by atoms with Crippen LogP contribution in [-0.2, 0) is 6.18 Å². The highest BCUT2D eigenvalue weighted by atomic mass is 127. The molecule has 0 atom stereocenters. The molecule has 0 fully saturated rings. The molecule has 0 saturated carbocycles. The fraction of sp³-hybridized carbons (Fsp3) is 0.200. The summed E-state index contributed by atoms with van der Waals surface area (Å²) >= 11 is 4.31. The van der Waals surface area contributed by atoms with Crippen LogP contribution in [0, 0.1) is 14.9 Å². The maximum absolute atomic E-state index is 12.8. The fourth-order valence-electron chi connectivity index (χ4n) is 1.30. The molecule has 1 aromatic carbocycles. The average molecular weight is 418 g/mol. The molecule has 0 bridgehead atoms. The number of benzene rings is 1. The Morgan fingerprint density at radius 1 is 1.47 bits per heavy atom. The zero-order chi connectivity index (χ0) is 13.2. The standard InChI is InChI=1S/C10H4BrF3INO/c11-3-7(17)8-5(4-16)1-2-6(15)9(8)10(12,13)14/h1-2H,3H2. The van der Waals surface area contributed by atoms with Gasteiger partial charge in [-0.25, -0.2) is 0 Å². The molecule has 0 unspecified atom stereocenters. The third kappa shape index (κ3) is 2.98. The topological polar surface area (TPSA) is 40.9 Å². The van der Waals surface area contributed by atoms with Gasteiger partial charge in [0.15, 0.2) is 5.78 Å². The normalized spacial score (nSPS) is 11.1. The predicted molar refractivity (Wildman–Crippen MR) is 67.0 cm³/mol. The highest BCUT2D eigenvalue weighted by molar-refractivity contribution is 14.1. The molecule has 0 spiro atoms. The molecule has 0 heterocycles. The first-order valence-electron chi connectivity index (χ1n) is 4.22. The summed E-state index contributed by atoms with van der Waals surface area (Å²) in [6, 6.07) is 3.99. The third-order valence-corrected chi connectivity index (χ3v) is 3.37. The molecule has 1 aromatic rings. The van der Waals surface area contributed by atoms with Gasteiger partial charge in [-0.2, -0.15) is 18.4 Å². The molecular weight excluding hydrogens is 414 g/mol. The minimum atomic E-state index is -4.66. The van der Waals surface area contributed by atoms with E-state index < -0.39 is 23.1 Å². The molecule has 0 radical (unpaired) electrons. The summed E-state index contributed by atoms with van der Waals surface area (Å²) in [6.45, 7) is 0. The van der Waals surface area contributed by atoms with Crippen LogP contribution in [0.1, 0.15) is 21.5 Å². The Bertz CT molecular complexity index is 507. The van der Waals surface area contributed by atoms with Gasteiger partial charge in [0.05, 0.1) is 22.5 Å². The molecule has 17 heavy (non-hydrogen) atoms. The summed E-state index contributed by atoms with van der Waals surface area (Å²) in [5.41, 5.74) is -1.87. The number of carbonyl (C=O) groups is 1. The van der Waals surface area contributed by atoms with E-state index in [-0.39, 0.29) is 14.5 Å². The van der Waals surface area contributed by atoms with Crippen molar-refractivity contribution in [3.63, 3.8) is 0 Å². The molecular formula is C10H4BrF3INO. The Morgan fingerprint density at radius 2 is 2.06 bits per heavy atom. The lowest BCUT2D eigenvalue weighted by molar-refractivity contribution is -0.138. The van der Waals surface area contributed by atoms with Crippen LogP contribution in [-0.4, -0.2) is 11.1 Å². The molecule has 0 N–H and O–H groups in total. The maximum Gasteiger partial charge on any atom is 0.418 e. The molecule has 0 aliphatic rings. The van der Waals surface area contributed by atoms with Crippen molar-refractivity contribution in [1.82, 2.24) is 0 Å². The van der Waals surface area contributed by atoms with Crippen LogP contribution in [0.15, 0.2) is 12.1 Å². The SMILES string of the molecule is N#Cc1ccc(I)c(C(F)(F)F)c1C(=O)CBr. The second-order valence-electron chi connectivity index (χ2n) is 3.01. The Morgan fingerprint density at radius 3 is 2.47 bits per heavy atom. The molecule has 0 aromatic heterocycles. The molecule has 0 aliphatic carbocycles. The Kier molecular flexibility index (Phi) is 4.55. The van der Waals surface area contributed by atoms with Gasteiger partial charge in [0.25, 0.3) is 0 Å². The van der Waals surface area contributed by atoms with Crippen molar-refractivity contribution >= 4 is 44.3 Å². The third-order valence-electron chi connectivity index (χ3n) is 1.96. The van der Waals surface area contributed by atoms with Crippen LogP contribution in [0.5, 0.6) is 0 Å². The van der Waals surface area contributed by atoms with Gasteiger partial charge in [-0.3, -0.25) is 4.79 Å². The summed E-state index contributed by atoms with van der Waals surface area (Å²) < 4.78 is 38.4. The first-order chi connectivity index (χ1) is 7.82. The largest absolute Gasteiger partial charge is 0.418 e. The molecule has 90 valence electrons. The van der Waals surface area contributed by atoms with Gasteiger partial charge in [0, 0.05) is 9.13 Å². The minimum Gasteiger partial charge on any atom is -0.293 e. The number of rotatable bonds is 2. The van der Waals surface area contributed by atoms with Crippen molar-refractivity contribution < 1.29 is 18.0 Å². The van der Waals surface area contributed by atoms with E-state index in [4.69, 9.17) is 5.26 Å². The summed E-state index contributed by atoms with van der Waals surface area (Å²) in [5, 5.41) is 8.50. The number of hydrogen-bond donors (Lipinski definition) is 0. The Hall–Kier alpha value is -0.620. The van der Waals surface area contributed by atoms with Crippen molar-refractivity contribution in [3.05, 3.63) is 32.4 Å². The fourth-order valence-corrected chi connectivity index (χ4v) is 2.34. The Balaban J connectivity index is 3.67. The van der Waals surface area contributed by atoms with E-state index in [1.54, 1.807) is 6.07 Å². The molecule has 0 aliphatic heterocycles. The first kappa shape index (κ1) is 14.4. The second-order valence-corrected chi connectivity index (χ2v) is 4.73. The summed E-state index contributed by atoms with van der Waals surface area (Å²) in [7, 11) is 0. The van der Waals surface area contributed by atoms with Crippen LogP contribution in [0.25, 0.3) is 0 Å². The number of alkyl halides is 4. The van der Waals surface area contributed by atoms with Gasteiger partial charge in [-0.05, 0) is 34.7 Å². The molecule has 7 heteroatoms. The van der Waals surface area contributed by atoms with Gasteiger partial charge in [-0.15, -0.1) is 0 Å². The number of nitriles is 1. The number of carbonyl (C=O) groups excluding carboxylic acids is 1. The lowest BCUT2D eigenvalue weighted by Crippen LogP contribution is -2.17. The summed E-state index contributed by atoms with van der Waals surface area (Å²) in [4.78, 5) is 11.5. The zero-order valence-corrected chi connectivity index (χ0v) is 11.9. The minimum absolute atomic E-state index is 0.0987. The van der Waals surface area contributed by atoms with E-state index in [1.807, 2.05) is 0 Å². The van der Waals surface area contributed by atoms with Gasteiger partial charge in [0.1, 0.15) is 0 Å². The van der Waals surface area contributed by atoms with Gasteiger partial charge in [0.2, 0.25) is 0 Å². The number of halogens is 5. The highest BCUT2D eigenvalue weighted by Crippen LogP contribution is 2.37. The van der Waals surface area contributed by atoms with Crippen molar-refractivity contribution in [3.8, 4) is 6.07 Å². The van der Waals surface area contributed by atoms with Gasteiger partial charge >= 0.3 is 6.18 Å². The van der Waals surface area contributed by atoms with E-state index in [1.165, 1.54) is 34.7 Å². The van der Waals surface area contributed by atoms with Crippen LogP contribution in [0.4, 0.5) is 13.2 Å². The van der Waals surface area contributed by atoms with E-state index in [9.17, 15) is 18.0 Å². The van der Waals surface area contributed by atoms with Crippen LogP contribution in [0.3, 0.4) is 0 Å². The quantitative estimate of drug-likeness (QED) is 0.417. The van der Waals surface area contributed by atoms with E-state index in [0.717, 1.165) is 0 Å². The maximum atomic E-state index is 12.8. The molecule has 2 nitrogen and oxygen atoms in total. The lowest BCUT2D eigenvalue weighted by Gasteiger charge is -2.14. The van der Waals surface area contributed by atoms with Crippen molar-refractivity contribution in [2.24, 2.45) is 0 Å². The number of ketones is 1. The first-order valence-corrected chi connectivity index (χ1v) is 6.42. The molecule has 0 amide bonds. The van der Waals surface area contributed by atoms with Gasteiger partial charge < -0.3 is 0 Å². The van der Waals surface area contributed by atoms with E-state index in [0.29, 0.717) is 0 Å². The van der Waals surface area contributed by atoms with Crippen molar-refractivity contribution in [2.45, 2.75) is 6.18 Å². The summed E-state index contributed by atoms with van der Waals surface area (Å²) in [5.74, 6) is -0.757. The highest BCUT2D eigenvalue weighted by Gasteiger charge is 2.38. The van der Waals surface area contributed by atoms with Crippen LogP contribution in [0.2, 0.25) is 0 Å². The number of nitrogens with zero attached hydrogens (tertiary/aromatic N) is 1. The average Bonchev–Trinajstić information content (AvgIpc) is 2.25. The lowest BCUT2D eigenvalue weighted by atomic mass is 9.98. The van der Waals surface area contributed by atoms with Crippen LogP contribution >= 0.6 is 38.5 Å². The molecule has 0 saturated heterocycles. The van der Waals surface area contributed by atoms with Crippen molar-refractivity contribution in [2.75, 3.05) is 5.33 Å². The summed E-state index contributed by atoms with van der Waals surface area (Å²) in [6.07, 6.45) is -4.66. The van der Waals surface area contributed by atoms with Gasteiger partial charge in [-0.1, -0.05) is 15.9 Å². The monoisotopic (exact) mass is 417 g/mol.